The molecule has 0 aliphatic carbocycles. The molecule has 0 radical (unpaired) electrons. The molecule has 1 aliphatic heterocycles. The Labute approximate surface area is 86.3 Å². The molecule has 0 aromatic carbocycles. The fraction of sp³-hybridized carbons (Fsp3) is 0.875. The zero-order chi connectivity index (χ0) is 8.97. The van der Waals surface area contributed by atoms with Crippen LogP contribution in [0.4, 0.5) is 0 Å². The van der Waals surface area contributed by atoms with Crippen LogP contribution in [-0.2, 0) is 4.79 Å². The van der Waals surface area contributed by atoms with Crippen LogP contribution in [0, 0.1) is 0 Å². The van der Waals surface area contributed by atoms with Crippen molar-refractivity contribution < 1.29 is 9.90 Å². The fourth-order valence-corrected chi connectivity index (χ4v) is 2.35. The number of hydrogen-bond donors (Lipinski definition) is 1. The average molecular weight is 283 g/mol. The van der Waals surface area contributed by atoms with E-state index in [0.717, 1.165) is 30.4 Å². The smallest absolute Gasteiger partial charge is 0.304 e. The molecule has 1 rings (SSSR count). The van der Waals surface area contributed by atoms with Gasteiger partial charge in [-0.2, -0.15) is 0 Å². The summed E-state index contributed by atoms with van der Waals surface area (Å²) >= 11 is 2.33. The first kappa shape index (κ1) is 10.2. The van der Waals surface area contributed by atoms with Gasteiger partial charge in [-0.25, -0.2) is 0 Å². The number of rotatable bonds is 4. The van der Waals surface area contributed by atoms with E-state index in [1.54, 1.807) is 0 Å². The molecule has 0 bridgehead atoms. The third kappa shape index (κ3) is 2.90. The van der Waals surface area contributed by atoms with E-state index in [0.29, 0.717) is 12.5 Å². The SMILES string of the molecule is O=C(O)C[C@@H]1CCCN1CCI. The van der Waals surface area contributed by atoms with E-state index in [9.17, 15) is 4.79 Å². The van der Waals surface area contributed by atoms with Gasteiger partial charge < -0.3 is 5.11 Å². The Morgan fingerprint density at radius 1 is 1.67 bits per heavy atom. The minimum absolute atomic E-state index is 0.303. The van der Waals surface area contributed by atoms with Gasteiger partial charge in [-0.05, 0) is 19.4 Å². The second-order valence-electron chi connectivity index (χ2n) is 3.12. The predicted octanol–water partition coefficient (Wildman–Crippen LogP) is 1.36. The highest BCUT2D eigenvalue weighted by Gasteiger charge is 2.25. The highest BCUT2D eigenvalue weighted by Crippen LogP contribution is 2.19. The standard InChI is InChI=1S/C8H14INO2/c9-3-5-10-4-1-2-7(10)6-8(11)12/h7H,1-6H2,(H,11,12)/t7-/m0/s1. The van der Waals surface area contributed by atoms with Crippen LogP contribution in [-0.4, -0.2) is 39.5 Å². The summed E-state index contributed by atoms with van der Waals surface area (Å²) in [5.41, 5.74) is 0. The van der Waals surface area contributed by atoms with E-state index in [2.05, 4.69) is 27.5 Å². The summed E-state index contributed by atoms with van der Waals surface area (Å²) in [4.78, 5) is 12.8. The molecule has 0 unspecified atom stereocenters. The molecule has 1 saturated heterocycles. The Hall–Kier alpha value is 0.160. The van der Waals surface area contributed by atoms with Crippen molar-refractivity contribution in [3.63, 3.8) is 0 Å². The Bertz CT molecular complexity index is 163. The summed E-state index contributed by atoms with van der Waals surface area (Å²) in [5.74, 6) is -0.666. The molecule has 0 amide bonds. The maximum Gasteiger partial charge on any atom is 0.304 e. The molecule has 0 saturated carbocycles. The molecule has 1 N–H and O–H groups in total. The zero-order valence-corrected chi connectivity index (χ0v) is 9.16. The Morgan fingerprint density at radius 3 is 3.00 bits per heavy atom. The maximum absolute atomic E-state index is 10.5. The highest BCUT2D eigenvalue weighted by molar-refractivity contribution is 14.1. The molecular weight excluding hydrogens is 269 g/mol. The van der Waals surface area contributed by atoms with Crippen LogP contribution in [0.1, 0.15) is 19.3 Å². The van der Waals surface area contributed by atoms with Crippen molar-refractivity contribution in [2.24, 2.45) is 0 Å². The van der Waals surface area contributed by atoms with Crippen LogP contribution < -0.4 is 0 Å². The largest absolute Gasteiger partial charge is 0.481 e. The Kier molecular flexibility index (Phi) is 4.28. The Morgan fingerprint density at radius 2 is 2.42 bits per heavy atom. The van der Waals surface area contributed by atoms with Crippen LogP contribution in [0.3, 0.4) is 0 Å². The summed E-state index contributed by atoms with van der Waals surface area (Å²) in [7, 11) is 0. The van der Waals surface area contributed by atoms with Gasteiger partial charge in [-0.15, -0.1) is 0 Å². The first-order valence-corrected chi connectivity index (χ1v) is 5.78. The van der Waals surface area contributed by atoms with E-state index in [1.807, 2.05) is 0 Å². The maximum atomic E-state index is 10.5. The van der Waals surface area contributed by atoms with E-state index in [-0.39, 0.29) is 0 Å². The van der Waals surface area contributed by atoms with Gasteiger partial charge >= 0.3 is 5.97 Å². The van der Waals surface area contributed by atoms with Gasteiger partial charge in [-0.1, -0.05) is 22.6 Å². The predicted molar refractivity (Wildman–Crippen MR) is 55.7 cm³/mol. The molecule has 0 aromatic heterocycles. The third-order valence-corrected chi connectivity index (χ3v) is 2.76. The number of hydrogen-bond acceptors (Lipinski definition) is 2. The van der Waals surface area contributed by atoms with Crippen LogP contribution >= 0.6 is 22.6 Å². The molecule has 1 atom stereocenters. The summed E-state index contributed by atoms with van der Waals surface area (Å²) in [5, 5.41) is 8.63. The van der Waals surface area contributed by atoms with Gasteiger partial charge in [0.2, 0.25) is 0 Å². The van der Waals surface area contributed by atoms with Crippen molar-refractivity contribution in [2.75, 3.05) is 17.5 Å². The molecule has 1 aliphatic rings. The number of nitrogens with zero attached hydrogens (tertiary/aromatic N) is 1. The highest BCUT2D eigenvalue weighted by atomic mass is 127. The van der Waals surface area contributed by atoms with Gasteiger partial charge in [0.1, 0.15) is 0 Å². The van der Waals surface area contributed by atoms with Gasteiger partial charge in [-0.3, -0.25) is 9.69 Å². The van der Waals surface area contributed by atoms with Crippen molar-refractivity contribution >= 4 is 28.6 Å². The van der Waals surface area contributed by atoms with Crippen LogP contribution in [0.5, 0.6) is 0 Å². The minimum Gasteiger partial charge on any atom is -0.481 e. The summed E-state index contributed by atoms with van der Waals surface area (Å²) in [6, 6.07) is 0.303. The number of alkyl halides is 1. The number of carboxylic acid groups (broad SMARTS) is 1. The second-order valence-corrected chi connectivity index (χ2v) is 4.20. The molecular formula is C8H14INO2. The summed E-state index contributed by atoms with van der Waals surface area (Å²) in [6.07, 6.45) is 2.54. The summed E-state index contributed by atoms with van der Waals surface area (Å²) in [6.45, 7) is 2.12. The quantitative estimate of drug-likeness (QED) is 0.625. The topological polar surface area (TPSA) is 40.5 Å². The van der Waals surface area contributed by atoms with E-state index >= 15 is 0 Å². The third-order valence-electron chi connectivity index (χ3n) is 2.28. The molecule has 70 valence electrons. The number of carboxylic acids is 1. The van der Waals surface area contributed by atoms with Gasteiger partial charge in [0.25, 0.3) is 0 Å². The molecule has 1 fully saturated rings. The normalized spacial score (nSPS) is 24.6. The zero-order valence-electron chi connectivity index (χ0n) is 7.00. The van der Waals surface area contributed by atoms with Crippen LogP contribution in [0.2, 0.25) is 0 Å². The molecule has 0 spiro atoms. The van der Waals surface area contributed by atoms with Crippen LogP contribution in [0.25, 0.3) is 0 Å². The van der Waals surface area contributed by atoms with E-state index in [4.69, 9.17) is 5.11 Å². The minimum atomic E-state index is -0.666. The van der Waals surface area contributed by atoms with Gasteiger partial charge in [0.15, 0.2) is 0 Å². The van der Waals surface area contributed by atoms with Gasteiger partial charge in [0, 0.05) is 17.0 Å². The van der Waals surface area contributed by atoms with Crippen molar-refractivity contribution in [2.45, 2.75) is 25.3 Å². The number of carbonyl (C=O) groups is 1. The first-order chi connectivity index (χ1) is 5.74. The van der Waals surface area contributed by atoms with Gasteiger partial charge in [0.05, 0.1) is 6.42 Å². The molecule has 4 heteroatoms. The van der Waals surface area contributed by atoms with Crippen molar-refractivity contribution in [1.82, 2.24) is 4.90 Å². The number of aliphatic carboxylic acids is 1. The Balaban J connectivity index is 2.35. The second kappa shape index (κ2) is 5.01. The number of halogens is 1. The lowest BCUT2D eigenvalue weighted by atomic mass is 10.1. The summed E-state index contributed by atoms with van der Waals surface area (Å²) < 4.78 is 1.09. The molecule has 1 heterocycles. The van der Waals surface area contributed by atoms with E-state index in [1.165, 1.54) is 0 Å². The molecule has 0 aromatic rings. The fourth-order valence-electron chi connectivity index (χ4n) is 1.73. The molecule has 3 nitrogen and oxygen atoms in total. The van der Waals surface area contributed by atoms with Crippen molar-refractivity contribution in [3.8, 4) is 0 Å². The monoisotopic (exact) mass is 283 g/mol. The first-order valence-electron chi connectivity index (χ1n) is 4.26. The lowest BCUT2D eigenvalue weighted by molar-refractivity contribution is -0.138. The lowest BCUT2D eigenvalue weighted by Crippen LogP contribution is -2.32. The van der Waals surface area contributed by atoms with Crippen molar-refractivity contribution in [3.05, 3.63) is 0 Å². The van der Waals surface area contributed by atoms with E-state index < -0.39 is 5.97 Å². The number of likely N-dealkylation sites (tertiary alicyclic amines) is 1. The van der Waals surface area contributed by atoms with Crippen LogP contribution in [0.15, 0.2) is 0 Å². The molecule has 12 heavy (non-hydrogen) atoms. The van der Waals surface area contributed by atoms with Crippen molar-refractivity contribution in [1.29, 1.82) is 0 Å². The lowest BCUT2D eigenvalue weighted by Gasteiger charge is -2.21. The average Bonchev–Trinajstić information content (AvgIpc) is 2.37.